The second-order valence-corrected chi connectivity index (χ2v) is 8.09. The predicted molar refractivity (Wildman–Crippen MR) is 118 cm³/mol. The predicted octanol–water partition coefficient (Wildman–Crippen LogP) is 3.59. The number of nitriles is 1. The maximum absolute atomic E-state index is 13.3. The number of hydrogen-bond acceptors (Lipinski definition) is 6. The number of esters is 1. The van der Waals surface area contributed by atoms with Crippen molar-refractivity contribution in [1.29, 1.82) is 5.26 Å². The molecular formula is C22H17ClFN3O4S. The third kappa shape index (κ3) is 5.10. The monoisotopic (exact) mass is 473 g/mol. The Balaban J connectivity index is 1.85. The van der Waals surface area contributed by atoms with Gasteiger partial charge in [0.25, 0.3) is 0 Å². The fourth-order valence-electron chi connectivity index (χ4n) is 3.25. The topological polar surface area (TPSA) is 108 Å². The fraction of sp³-hybridized carbons (Fsp3) is 0.182. The normalized spacial score (nSPS) is 17.9. The molecule has 0 aliphatic carbocycles. The van der Waals surface area contributed by atoms with Crippen LogP contribution in [0.2, 0.25) is 5.02 Å². The Kier molecular flexibility index (Phi) is 7.51. The number of benzene rings is 2. The fourth-order valence-corrected chi connectivity index (χ4v) is 4.28. The number of carbonyl (C=O) groups is 3. The quantitative estimate of drug-likeness (QED) is 0.490. The van der Waals surface area contributed by atoms with E-state index >= 15 is 0 Å². The average Bonchev–Trinajstić information content (AvgIpc) is 2.79. The van der Waals surface area contributed by atoms with Crippen molar-refractivity contribution >= 4 is 46.8 Å². The Labute approximate surface area is 192 Å². The number of ether oxygens (including phenoxy) is 1. The number of rotatable bonds is 6. The lowest BCUT2D eigenvalue weighted by Crippen LogP contribution is -2.44. The Morgan fingerprint density at radius 2 is 2.00 bits per heavy atom. The molecule has 0 radical (unpaired) electrons. The summed E-state index contributed by atoms with van der Waals surface area (Å²) in [7, 11) is 1.17. The van der Waals surface area contributed by atoms with E-state index in [0.717, 1.165) is 17.8 Å². The summed E-state index contributed by atoms with van der Waals surface area (Å²) in [6.45, 7) is 0. The summed E-state index contributed by atoms with van der Waals surface area (Å²) in [6, 6.07) is 14.5. The second kappa shape index (κ2) is 10.3. The Bertz CT molecular complexity index is 1130. The molecule has 0 saturated heterocycles. The van der Waals surface area contributed by atoms with Crippen LogP contribution < -0.4 is 10.6 Å². The number of nitrogens with one attached hydrogen (secondary N) is 2. The van der Waals surface area contributed by atoms with Crippen LogP contribution in [0.4, 0.5) is 10.1 Å². The van der Waals surface area contributed by atoms with Gasteiger partial charge in [0.1, 0.15) is 11.7 Å². The van der Waals surface area contributed by atoms with Gasteiger partial charge < -0.3 is 15.4 Å². The summed E-state index contributed by atoms with van der Waals surface area (Å²) < 4.78 is 18.1. The molecule has 2 aromatic carbocycles. The number of halogens is 2. The smallest absolute Gasteiger partial charge is 0.319 e. The molecule has 0 saturated carbocycles. The molecule has 2 aromatic rings. The van der Waals surface area contributed by atoms with E-state index in [1.165, 1.54) is 19.2 Å². The standard InChI is InChI=1S/C22H17ClFN3O4S/c1-31-22(30)19-18(12-5-3-2-4-6-12)14(10-25)21(27-20(19)29)32-11-17(28)26-13-7-8-16(24)15(23)9-13/h2-9,18-19H,11H2,1H3,(H,26,28)(H,27,29)/t18-,19-/m0/s1. The molecule has 2 N–H and O–H groups in total. The molecule has 1 aliphatic heterocycles. The van der Waals surface area contributed by atoms with Gasteiger partial charge in [-0.1, -0.05) is 53.7 Å². The van der Waals surface area contributed by atoms with Crippen molar-refractivity contribution in [3.63, 3.8) is 0 Å². The van der Waals surface area contributed by atoms with Crippen molar-refractivity contribution in [2.24, 2.45) is 5.92 Å². The Morgan fingerprint density at radius 1 is 1.28 bits per heavy atom. The molecular weight excluding hydrogens is 457 g/mol. The Hall–Kier alpha value is -3.35. The lowest BCUT2D eigenvalue weighted by atomic mass is 9.78. The number of carbonyl (C=O) groups excluding carboxylic acids is 3. The number of hydrogen-bond donors (Lipinski definition) is 2. The number of thioether (sulfide) groups is 1. The van der Waals surface area contributed by atoms with Crippen molar-refractivity contribution in [3.05, 3.63) is 75.5 Å². The van der Waals surface area contributed by atoms with Crippen LogP contribution in [0.25, 0.3) is 0 Å². The third-order valence-electron chi connectivity index (χ3n) is 4.69. The van der Waals surface area contributed by atoms with Gasteiger partial charge in [0.05, 0.1) is 34.6 Å². The average molecular weight is 474 g/mol. The molecule has 2 atom stereocenters. The summed E-state index contributed by atoms with van der Waals surface area (Å²) in [5, 5.41) is 15.0. The molecule has 1 heterocycles. The van der Waals surface area contributed by atoms with E-state index in [-0.39, 0.29) is 21.4 Å². The van der Waals surface area contributed by atoms with E-state index in [1.54, 1.807) is 30.3 Å². The van der Waals surface area contributed by atoms with Gasteiger partial charge in [0, 0.05) is 11.6 Å². The van der Waals surface area contributed by atoms with Crippen molar-refractivity contribution < 1.29 is 23.5 Å². The minimum absolute atomic E-state index is 0.135. The maximum Gasteiger partial charge on any atom is 0.319 e. The SMILES string of the molecule is COC(=O)[C@@H]1C(=O)NC(SCC(=O)Nc2ccc(F)c(Cl)c2)=C(C#N)[C@@H]1c1ccccc1. The molecule has 0 aromatic heterocycles. The minimum Gasteiger partial charge on any atom is -0.468 e. The van der Waals surface area contributed by atoms with Crippen molar-refractivity contribution in [2.45, 2.75) is 5.92 Å². The first-order valence-electron chi connectivity index (χ1n) is 9.31. The van der Waals surface area contributed by atoms with Gasteiger partial charge in [-0.05, 0) is 23.8 Å². The van der Waals surface area contributed by atoms with Gasteiger partial charge in [0.15, 0.2) is 0 Å². The molecule has 164 valence electrons. The first kappa shape index (κ1) is 23.3. The van der Waals surface area contributed by atoms with Crippen LogP contribution in [0.5, 0.6) is 0 Å². The number of amides is 2. The van der Waals surface area contributed by atoms with Crippen LogP contribution in [0.3, 0.4) is 0 Å². The summed E-state index contributed by atoms with van der Waals surface area (Å²) in [5.41, 5.74) is 1.05. The molecule has 0 unspecified atom stereocenters. The van der Waals surface area contributed by atoms with Crippen molar-refractivity contribution in [2.75, 3.05) is 18.2 Å². The van der Waals surface area contributed by atoms with Gasteiger partial charge >= 0.3 is 5.97 Å². The van der Waals surface area contributed by atoms with E-state index in [4.69, 9.17) is 16.3 Å². The van der Waals surface area contributed by atoms with E-state index in [0.29, 0.717) is 11.3 Å². The van der Waals surface area contributed by atoms with E-state index < -0.39 is 35.4 Å². The number of anilines is 1. The van der Waals surface area contributed by atoms with Crippen LogP contribution in [0.15, 0.2) is 59.1 Å². The van der Waals surface area contributed by atoms with Crippen LogP contribution in [-0.4, -0.2) is 30.6 Å². The van der Waals surface area contributed by atoms with Gasteiger partial charge in [-0.25, -0.2) is 4.39 Å². The first-order chi connectivity index (χ1) is 15.3. The number of methoxy groups -OCH3 is 1. The third-order valence-corrected chi connectivity index (χ3v) is 6.00. The van der Waals surface area contributed by atoms with Crippen molar-refractivity contribution in [3.8, 4) is 6.07 Å². The van der Waals surface area contributed by atoms with Gasteiger partial charge in [-0.15, -0.1) is 0 Å². The molecule has 3 rings (SSSR count). The highest BCUT2D eigenvalue weighted by Crippen LogP contribution is 2.40. The van der Waals surface area contributed by atoms with Crippen LogP contribution in [0.1, 0.15) is 11.5 Å². The highest BCUT2D eigenvalue weighted by atomic mass is 35.5. The van der Waals surface area contributed by atoms with Crippen LogP contribution in [-0.2, 0) is 19.1 Å². The maximum atomic E-state index is 13.3. The lowest BCUT2D eigenvalue weighted by Gasteiger charge is -2.30. The summed E-state index contributed by atoms with van der Waals surface area (Å²) >= 11 is 6.66. The van der Waals surface area contributed by atoms with Crippen LogP contribution in [0, 0.1) is 23.1 Å². The Morgan fingerprint density at radius 3 is 2.62 bits per heavy atom. The minimum atomic E-state index is -1.24. The van der Waals surface area contributed by atoms with E-state index in [9.17, 15) is 24.0 Å². The van der Waals surface area contributed by atoms with Gasteiger partial charge in [-0.2, -0.15) is 5.26 Å². The molecule has 0 bridgehead atoms. The molecule has 10 heteroatoms. The first-order valence-corrected chi connectivity index (χ1v) is 10.7. The van der Waals surface area contributed by atoms with Gasteiger partial charge in [0.2, 0.25) is 11.8 Å². The van der Waals surface area contributed by atoms with Gasteiger partial charge in [-0.3, -0.25) is 14.4 Å². The number of nitrogens with zero attached hydrogens (tertiary/aromatic N) is 1. The summed E-state index contributed by atoms with van der Waals surface area (Å²) in [6.07, 6.45) is 0. The molecule has 2 amide bonds. The molecule has 0 fully saturated rings. The highest BCUT2D eigenvalue weighted by Gasteiger charge is 2.44. The zero-order valence-electron chi connectivity index (χ0n) is 16.7. The lowest BCUT2D eigenvalue weighted by molar-refractivity contribution is -0.150. The van der Waals surface area contributed by atoms with Crippen LogP contribution >= 0.6 is 23.4 Å². The van der Waals surface area contributed by atoms with E-state index in [2.05, 4.69) is 16.7 Å². The zero-order chi connectivity index (χ0) is 23.3. The number of allylic oxidation sites excluding steroid dienone is 1. The largest absolute Gasteiger partial charge is 0.468 e. The highest BCUT2D eigenvalue weighted by molar-refractivity contribution is 8.03. The summed E-state index contributed by atoms with van der Waals surface area (Å²) in [5.74, 6) is -4.71. The van der Waals surface area contributed by atoms with E-state index in [1.807, 2.05) is 0 Å². The molecule has 7 nitrogen and oxygen atoms in total. The molecule has 0 spiro atoms. The molecule has 32 heavy (non-hydrogen) atoms. The summed E-state index contributed by atoms with van der Waals surface area (Å²) in [4.78, 5) is 37.4. The molecule has 1 aliphatic rings. The second-order valence-electron chi connectivity index (χ2n) is 6.70. The van der Waals surface area contributed by atoms with Crippen molar-refractivity contribution in [1.82, 2.24) is 5.32 Å². The zero-order valence-corrected chi connectivity index (χ0v) is 18.3.